The van der Waals surface area contributed by atoms with E-state index >= 15 is 0 Å². The number of hydrogen-bond donors (Lipinski definition) is 0. The van der Waals surface area contributed by atoms with Gasteiger partial charge in [-0.1, -0.05) is 6.58 Å². The first-order valence-corrected chi connectivity index (χ1v) is 4.82. The Morgan fingerprint density at radius 3 is 2.29 bits per heavy atom. The van der Waals surface area contributed by atoms with Crippen LogP contribution in [0.4, 0.5) is 0 Å². The lowest BCUT2D eigenvalue weighted by Gasteiger charge is -2.19. The summed E-state index contributed by atoms with van der Waals surface area (Å²) in [7, 11) is 0. The van der Waals surface area contributed by atoms with E-state index in [4.69, 9.17) is 0 Å². The van der Waals surface area contributed by atoms with E-state index in [2.05, 4.69) is 6.58 Å². The molecule has 1 aliphatic heterocycles. The monoisotopic (exact) mass is 196 g/mol. The fraction of sp³-hybridized carbons (Fsp3) is 0.600. The summed E-state index contributed by atoms with van der Waals surface area (Å²) in [4.78, 5) is 25.9. The Labute approximate surface area is 84.2 Å². The van der Waals surface area contributed by atoms with Gasteiger partial charge in [0.2, 0.25) is 11.8 Å². The molecule has 4 nitrogen and oxygen atoms in total. The summed E-state index contributed by atoms with van der Waals surface area (Å²) in [5, 5.41) is 0. The van der Waals surface area contributed by atoms with Gasteiger partial charge in [-0.3, -0.25) is 9.59 Å². The molecule has 0 bridgehead atoms. The quantitative estimate of drug-likeness (QED) is 0.564. The molecule has 1 saturated heterocycles. The van der Waals surface area contributed by atoms with Gasteiger partial charge in [0.15, 0.2) is 0 Å². The van der Waals surface area contributed by atoms with Gasteiger partial charge >= 0.3 is 0 Å². The van der Waals surface area contributed by atoms with Crippen LogP contribution in [0.3, 0.4) is 0 Å². The van der Waals surface area contributed by atoms with Gasteiger partial charge in [0.1, 0.15) is 0 Å². The summed E-state index contributed by atoms with van der Waals surface area (Å²) >= 11 is 0. The Balaban J connectivity index is 2.52. The molecule has 0 saturated carbocycles. The van der Waals surface area contributed by atoms with Crippen molar-refractivity contribution in [3.63, 3.8) is 0 Å². The lowest BCUT2D eigenvalue weighted by molar-refractivity contribution is -0.130. The van der Waals surface area contributed by atoms with Crippen molar-refractivity contribution >= 4 is 11.8 Å². The predicted octanol–water partition coefficient (Wildman–Crippen LogP) is 0.253. The van der Waals surface area contributed by atoms with E-state index in [1.165, 1.54) is 6.08 Å². The van der Waals surface area contributed by atoms with Gasteiger partial charge in [-0.15, -0.1) is 0 Å². The maximum Gasteiger partial charge on any atom is 0.246 e. The second-order valence-corrected chi connectivity index (χ2v) is 3.39. The van der Waals surface area contributed by atoms with Crippen LogP contribution in [0.2, 0.25) is 0 Å². The summed E-state index contributed by atoms with van der Waals surface area (Å²) in [5.41, 5.74) is 0. The van der Waals surface area contributed by atoms with Gasteiger partial charge in [-0.05, 0) is 12.5 Å². The highest BCUT2D eigenvalue weighted by Gasteiger charge is 2.18. The minimum atomic E-state index is -0.0459. The molecule has 0 aromatic carbocycles. The number of amides is 2. The molecule has 0 spiro atoms. The maximum absolute atomic E-state index is 11.3. The van der Waals surface area contributed by atoms with E-state index < -0.39 is 0 Å². The fourth-order valence-corrected chi connectivity index (χ4v) is 1.58. The van der Waals surface area contributed by atoms with Crippen LogP contribution in [0.1, 0.15) is 13.3 Å². The zero-order chi connectivity index (χ0) is 10.6. The van der Waals surface area contributed by atoms with Crippen LogP contribution in [-0.2, 0) is 9.59 Å². The van der Waals surface area contributed by atoms with Crippen LogP contribution in [0.5, 0.6) is 0 Å². The average Bonchev–Trinajstić information content (AvgIpc) is 2.41. The molecule has 0 aliphatic carbocycles. The first kappa shape index (κ1) is 10.8. The first-order chi connectivity index (χ1) is 6.65. The van der Waals surface area contributed by atoms with Crippen molar-refractivity contribution in [2.24, 2.45) is 0 Å². The minimum absolute atomic E-state index is 0.0459. The molecule has 0 atom stereocenters. The minimum Gasteiger partial charge on any atom is -0.341 e. The molecule has 2 amide bonds. The van der Waals surface area contributed by atoms with Gasteiger partial charge in [0.25, 0.3) is 0 Å². The first-order valence-electron chi connectivity index (χ1n) is 4.82. The Kier molecular flexibility index (Phi) is 3.68. The molecule has 0 aromatic heterocycles. The van der Waals surface area contributed by atoms with Crippen molar-refractivity contribution in [2.75, 3.05) is 26.2 Å². The van der Waals surface area contributed by atoms with Crippen LogP contribution >= 0.6 is 0 Å². The van der Waals surface area contributed by atoms with E-state index in [0.717, 1.165) is 13.0 Å². The average molecular weight is 196 g/mol. The Bertz CT molecular complexity index is 251. The zero-order valence-electron chi connectivity index (χ0n) is 8.53. The van der Waals surface area contributed by atoms with E-state index in [1.807, 2.05) is 0 Å². The summed E-state index contributed by atoms with van der Waals surface area (Å²) < 4.78 is 0. The third kappa shape index (κ3) is 2.58. The Morgan fingerprint density at radius 1 is 1.14 bits per heavy atom. The highest BCUT2D eigenvalue weighted by molar-refractivity contribution is 5.87. The van der Waals surface area contributed by atoms with Crippen molar-refractivity contribution in [3.8, 4) is 0 Å². The molecule has 14 heavy (non-hydrogen) atoms. The zero-order valence-corrected chi connectivity index (χ0v) is 8.53. The van der Waals surface area contributed by atoms with Crippen LogP contribution in [0.25, 0.3) is 0 Å². The van der Waals surface area contributed by atoms with Gasteiger partial charge < -0.3 is 9.80 Å². The SMILES string of the molecule is C=CC(=O)N1CCCN(C(C)=O)CC1. The van der Waals surface area contributed by atoms with Gasteiger partial charge in [-0.2, -0.15) is 0 Å². The molecule has 4 heteroatoms. The second-order valence-electron chi connectivity index (χ2n) is 3.39. The van der Waals surface area contributed by atoms with Crippen LogP contribution in [-0.4, -0.2) is 47.8 Å². The summed E-state index contributed by atoms with van der Waals surface area (Å²) in [6.45, 7) is 7.72. The van der Waals surface area contributed by atoms with Crippen molar-refractivity contribution < 1.29 is 9.59 Å². The second kappa shape index (κ2) is 4.79. The Morgan fingerprint density at radius 2 is 1.71 bits per heavy atom. The van der Waals surface area contributed by atoms with E-state index in [0.29, 0.717) is 19.6 Å². The molecule has 1 aliphatic rings. The molecular weight excluding hydrogens is 180 g/mol. The van der Waals surface area contributed by atoms with Gasteiger partial charge in [0.05, 0.1) is 0 Å². The van der Waals surface area contributed by atoms with Crippen LogP contribution in [0, 0.1) is 0 Å². The van der Waals surface area contributed by atoms with Crippen molar-refractivity contribution in [1.29, 1.82) is 0 Å². The summed E-state index contributed by atoms with van der Waals surface area (Å²) in [6, 6.07) is 0. The molecule has 0 N–H and O–H groups in total. The lowest BCUT2D eigenvalue weighted by atomic mass is 10.3. The molecule has 1 heterocycles. The third-order valence-corrected chi connectivity index (χ3v) is 2.43. The van der Waals surface area contributed by atoms with Crippen molar-refractivity contribution in [3.05, 3.63) is 12.7 Å². The molecule has 0 aromatic rings. The summed E-state index contributed by atoms with van der Waals surface area (Å²) in [6.07, 6.45) is 2.17. The molecule has 78 valence electrons. The number of hydrogen-bond acceptors (Lipinski definition) is 2. The molecule has 0 radical (unpaired) electrons. The maximum atomic E-state index is 11.3. The number of rotatable bonds is 1. The molecule has 0 unspecified atom stereocenters. The van der Waals surface area contributed by atoms with Crippen LogP contribution < -0.4 is 0 Å². The molecule has 1 fully saturated rings. The predicted molar refractivity (Wildman–Crippen MR) is 53.6 cm³/mol. The standard InChI is InChI=1S/C10H16N2O2/c1-3-10(14)12-6-4-5-11(7-8-12)9(2)13/h3H,1,4-8H2,2H3. The smallest absolute Gasteiger partial charge is 0.246 e. The highest BCUT2D eigenvalue weighted by Crippen LogP contribution is 2.03. The van der Waals surface area contributed by atoms with Gasteiger partial charge in [-0.25, -0.2) is 0 Å². The topological polar surface area (TPSA) is 40.6 Å². The largest absolute Gasteiger partial charge is 0.341 e. The van der Waals surface area contributed by atoms with E-state index in [9.17, 15) is 9.59 Å². The summed E-state index contributed by atoms with van der Waals surface area (Å²) in [5.74, 6) is 0.0355. The molecular formula is C10H16N2O2. The number of nitrogens with zero attached hydrogens (tertiary/aromatic N) is 2. The van der Waals surface area contributed by atoms with Crippen LogP contribution in [0.15, 0.2) is 12.7 Å². The van der Waals surface area contributed by atoms with E-state index in [1.54, 1.807) is 16.7 Å². The highest BCUT2D eigenvalue weighted by atomic mass is 16.2. The number of carbonyl (C=O) groups is 2. The van der Waals surface area contributed by atoms with Gasteiger partial charge in [0, 0.05) is 33.1 Å². The van der Waals surface area contributed by atoms with Crippen molar-refractivity contribution in [1.82, 2.24) is 9.80 Å². The third-order valence-electron chi connectivity index (χ3n) is 2.43. The molecule has 1 rings (SSSR count). The normalized spacial score (nSPS) is 17.5. The lowest BCUT2D eigenvalue weighted by Crippen LogP contribution is -2.35. The van der Waals surface area contributed by atoms with E-state index in [-0.39, 0.29) is 11.8 Å². The Hall–Kier alpha value is -1.32. The fourth-order valence-electron chi connectivity index (χ4n) is 1.58. The number of carbonyl (C=O) groups excluding carboxylic acids is 2. The van der Waals surface area contributed by atoms with Crippen molar-refractivity contribution in [2.45, 2.75) is 13.3 Å².